The maximum atomic E-state index is 11.3. The van der Waals surface area contributed by atoms with Crippen LogP contribution in [0.3, 0.4) is 0 Å². The number of rotatable bonds is 3. The van der Waals surface area contributed by atoms with E-state index in [4.69, 9.17) is 5.11 Å². The Kier molecular flexibility index (Phi) is 4.58. The highest BCUT2D eigenvalue weighted by Crippen LogP contribution is 2.09. The summed E-state index contributed by atoms with van der Waals surface area (Å²) < 4.78 is 0. The largest absolute Gasteiger partial charge is 0.478 e. The number of hydrogen-bond acceptors (Lipinski definition) is 2. The van der Waals surface area contributed by atoms with Crippen LogP contribution in [-0.2, 0) is 0 Å². The predicted molar refractivity (Wildman–Crippen MR) is 63.9 cm³/mol. The molecule has 0 aliphatic rings. The third-order valence-electron chi connectivity index (χ3n) is 1.90. The normalized spacial score (nSPS) is 8.76. The zero-order valence-electron chi connectivity index (χ0n) is 9.28. The van der Waals surface area contributed by atoms with Crippen LogP contribution in [0.4, 0.5) is 10.5 Å². The zero-order valence-corrected chi connectivity index (χ0v) is 9.28. The van der Waals surface area contributed by atoms with E-state index < -0.39 is 5.97 Å². The van der Waals surface area contributed by atoms with Gasteiger partial charge in [0.15, 0.2) is 0 Å². The quantitative estimate of drug-likeness (QED) is 0.691. The van der Waals surface area contributed by atoms with Gasteiger partial charge in [0.05, 0.1) is 12.1 Å². The molecule has 0 radical (unpaired) electrons. The number of hydrogen-bond donors (Lipinski definition) is 3. The molecule has 3 N–H and O–H groups in total. The van der Waals surface area contributed by atoms with Gasteiger partial charge in [0, 0.05) is 5.69 Å². The number of benzene rings is 1. The lowest BCUT2D eigenvalue weighted by atomic mass is 10.2. The second kappa shape index (κ2) is 6.18. The Hall–Kier alpha value is -2.48. The molecule has 0 aromatic heterocycles. The fourth-order valence-corrected chi connectivity index (χ4v) is 1.08. The minimum atomic E-state index is -1.00. The summed E-state index contributed by atoms with van der Waals surface area (Å²) in [7, 11) is 0. The maximum absolute atomic E-state index is 11.3. The molecule has 0 bridgehead atoms. The minimum Gasteiger partial charge on any atom is -0.478 e. The predicted octanol–water partition coefficient (Wildman–Crippen LogP) is 1.53. The van der Waals surface area contributed by atoms with Crippen molar-refractivity contribution in [2.45, 2.75) is 6.92 Å². The molecule has 1 aromatic carbocycles. The van der Waals surface area contributed by atoms with Crippen molar-refractivity contribution >= 4 is 17.7 Å². The van der Waals surface area contributed by atoms with Crippen LogP contribution in [0, 0.1) is 11.8 Å². The summed E-state index contributed by atoms with van der Waals surface area (Å²) >= 11 is 0. The van der Waals surface area contributed by atoms with Crippen LogP contribution < -0.4 is 10.6 Å². The molecule has 0 saturated heterocycles. The van der Waals surface area contributed by atoms with Gasteiger partial charge in [0.25, 0.3) is 0 Å². The number of aromatic carboxylic acids is 1. The van der Waals surface area contributed by atoms with Gasteiger partial charge in [0.1, 0.15) is 0 Å². The smallest absolute Gasteiger partial charge is 0.335 e. The fourth-order valence-electron chi connectivity index (χ4n) is 1.08. The van der Waals surface area contributed by atoms with Gasteiger partial charge in [-0.1, -0.05) is 5.92 Å². The molecule has 1 rings (SSSR count). The third-order valence-corrected chi connectivity index (χ3v) is 1.90. The van der Waals surface area contributed by atoms with E-state index in [0.717, 1.165) is 0 Å². The van der Waals surface area contributed by atoms with Gasteiger partial charge < -0.3 is 15.7 Å². The molecule has 0 spiro atoms. The van der Waals surface area contributed by atoms with Crippen molar-refractivity contribution in [1.82, 2.24) is 5.32 Å². The number of carbonyl (C=O) groups is 2. The van der Waals surface area contributed by atoms with E-state index in [1.54, 1.807) is 6.92 Å². The number of carboxylic acids is 1. The van der Waals surface area contributed by atoms with Gasteiger partial charge in [-0.15, -0.1) is 5.92 Å². The van der Waals surface area contributed by atoms with Gasteiger partial charge in [-0.05, 0) is 31.2 Å². The first-order valence-corrected chi connectivity index (χ1v) is 4.91. The van der Waals surface area contributed by atoms with E-state index in [9.17, 15) is 9.59 Å². The lowest BCUT2D eigenvalue weighted by Crippen LogP contribution is -2.28. The summed E-state index contributed by atoms with van der Waals surface area (Å²) in [5, 5.41) is 13.8. The Labute approximate surface area is 98.8 Å². The molecule has 88 valence electrons. The molecule has 5 heteroatoms. The zero-order chi connectivity index (χ0) is 12.7. The van der Waals surface area contributed by atoms with Gasteiger partial charge in [-0.2, -0.15) is 0 Å². The Bertz CT molecular complexity index is 469. The second-order valence-electron chi connectivity index (χ2n) is 3.12. The first-order valence-electron chi connectivity index (χ1n) is 4.91. The van der Waals surface area contributed by atoms with E-state index in [1.165, 1.54) is 24.3 Å². The molecule has 0 fully saturated rings. The van der Waals surface area contributed by atoms with Crippen molar-refractivity contribution in [3.8, 4) is 11.8 Å². The van der Waals surface area contributed by atoms with Crippen molar-refractivity contribution in [3.63, 3.8) is 0 Å². The molecular formula is C12H12N2O3. The van der Waals surface area contributed by atoms with Crippen LogP contribution >= 0.6 is 0 Å². The molecule has 17 heavy (non-hydrogen) atoms. The topological polar surface area (TPSA) is 78.4 Å². The van der Waals surface area contributed by atoms with E-state index in [0.29, 0.717) is 5.69 Å². The van der Waals surface area contributed by atoms with Crippen LogP contribution in [0.2, 0.25) is 0 Å². The standard InChI is InChI=1S/C12H12N2O3/c1-2-3-8-13-12(17)14-10-6-4-9(5-7-10)11(15)16/h4-7H,8H2,1H3,(H,15,16)(H2,13,14,17). The Morgan fingerprint density at radius 3 is 2.47 bits per heavy atom. The highest BCUT2D eigenvalue weighted by atomic mass is 16.4. The average molecular weight is 232 g/mol. The van der Waals surface area contributed by atoms with Crippen LogP contribution in [0.5, 0.6) is 0 Å². The van der Waals surface area contributed by atoms with Crippen LogP contribution in [-0.4, -0.2) is 23.7 Å². The lowest BCUT2D eigenvalue weighted by molar-refractivity contribution is 0.0697. The molecule has 0 atom stereocenters. The van der Waals surface area contributed by atoms with Crippen molar-refractivity contribution < 1.29 is 14.7 Å². The molecule has 0 unspecified atom stereocenters. The number of anilines is 1. The SMILES string of the molecule is CC#CCNC(=O)Nc1ccc(C(=O)O)cc1. The Morgan fingerprint density at radius 1 is 1.29 bits per heavy atom. The van der Waals surface area contributed by atoms with Crippen LogP contribution in [0.15, 0.2) is 24.3 Å². The summed E-state index contributed by atoms with van der Waals surface area (Å²) in [6.45, 7) is 1.96. The lowest BCUT2D eigenvalue weighted by Gasteiger charge is -2.05. The van der Waals surface area contributed by atoms with Crippen molar-refractivity contribution in [2.75, 3.05) is 11.9 Å². The first-order chi connectivity index (χ1) is 8.13. The molecule has 0 aliphatic heterocycles. The number of nitrogens with one attached hydrogen (secondary N) is 2. The summed E-state index contributed by atoms with van der Waals surface area (Å²) in [6, 6.07) is 5.51. The van der Waals surface area contributed by atoms with Crippen molar-refractivity contribution in [2.24, 2.45) is 0 Å². The molecule has 0 heterocycles. The summed E-state index contributed by atoms with van der Waals surface area (Å²) in [5.74, 6) is 4.34. The average Bonchev–Trinajstić information content (AvgIpc) is 2.30. The summed E-state index contributed by atoms with van der Waals surface area (Å²) in [5.41, 5.74) is 0.699. The van der Waals surface area contributed by atoms with Gasteiger partial charge in [-0.3, -0.25) is 0 Å². The Morgan fingerprint density at radius 2 is 1.94 bits per heavy atom. The van der Waals surface area contributed by atoms with E-state index in [1.807, 2.05) is 0 Å². The van der Waals surface area contributed by atoms with Crippen molar-refractivity contribution in [3.05, 3.63) is 29.8 Å². The van der Waals surface area contributed by atoms with Gasteiger partial charge in [-0.25, -0.2) is 9.59 Å². The van der Waals surface area contributed by atoms with E-state index in [-0.39, 0.29) is 18.1 Å². The first kappa shape index (κ1) is 12.6. The van der Waals surface area contributed by atoms with E-state index >= 15 is 0 Å². The number of carboxylic acid groups (broad SMARTS) is 1. The summed E-state index contributed by atoms with van der Waals surface area (Å²) in [4.78, 5) is 21.9. The van der Waals surface area contributed by atoms with Crippen LogP contribution in [0.25, 0.3) is 0 Å². The van der Waals surface area contributed by atoms with E-state index in [2.05, 4.69) is 22.5 Å². The summed E-state index contributed by atoms with van der Waals surface area (Å²) in [6.07, 6.45) is 0. The molecule has 5 nitrogen and oxygen atoms in total. The number of urea groups is 1. The number of carbonyl (C=O) groups excluding carboxylic acids is 1. The molecule has 2 amide bonds. The fraction of sp³-hybridized carbons (Fsp3) is 0.167. The highest BCUT2D eigenvalue weighted by Gasteiger charge is 2.03. The number of amides is 2. The highest BCUT2D eigenvalue weighted by molar-refractivity contribution is 5.91. The molecule has 0 saturated carbocycles. The maximum Gasteiger partial charge on any atom is 0.335 e. The monoisotopic (exact) mass is 232 g/mol. The van der Waals surface area contributed by atoms with Gasteiger partial charge in [0.2, 0.25) is 0 Å². The molecular weight excluding hydrogens is 220 g/mol. The van der Waals surface area contributed by atoms with Crippen molar-refractivity contribution in [1.29, 1.82) is 0 Å². The van der Waals surface area contributed by atoms with Gasteiger partial charge >= 0.3 is 12.0 Å². The molecule has 0 aliphatic carbocycles. The third kappa shape index (κ3) is 4.26. The second-order valence-corrected chi connectivity index (χ2v) is 3.12. The Balaban J connectivity index is 2.53. The minimum absolute atomic E-state index is 0.174. The molecule has 1 aromatic rings. The van der Waals surface area contributed by atoms with Crippen LogP contribution in [0.1, 0.15) is 17.3 Å².